The minimum atomic E-state index is -0.193. The highest BCUT2D eigenvalue weighted by atomic mass is 35.5. The maximum atomic E-state index is 12.5. The van der Waals surface area contributed by atoms with E-state index in [1.165, 1.54) is 15.9 Å². The van der Waals surface area contributed by atoms with Crippen molar-refractivity contribution in [3.8, 4) is 0 Å². The molecule has 0 aliphatic carbocycles. The molecule has 0 saturated heterocycles. The fourth-order valence-corrected chi connectivity index (χ4v) is 3.32. The molecule has 4 rings (SSSR count). The zero-order valence-corrected chi connectivity index (χ0v) is 12.8. The van der Waals surface area contributed by atoms with Crippen LogP contribution in [0.4, 0.5) is 0 Å². The molecule has 3 heterocycles. The van der Waals surface area contributed by atoms with Crippen molar-refractivity contribution in [3.63, 3.8) is 0 Å². The largest absolute Gasteiger partial charge is 0.284 e. The fraction of sp³-hybridized carbons (Fsp3) is 0.143. The van der Waals surface area contributed by atoms with Gasteiger partial charge >= 0.3 is 0 Å². The van der Waals surface area contributed by atoms with Gasteiger partial charge in [-0.1, -0.05) is 22.9 Å². The van der Waals surface area contributed by atoms with Crippen molar-refractivity contribution in [2.24, 2.45) is 0 Å². The van der Waals surface area contributed by atoms with Gasteiger partial charge in [-0.15, -0.1) is 0 Å². The molecule has 0 saturated carbocycles. The molecule has 0 bridgehead atoms. The number of pyridine rings is 1. The van der Waals surface area contributed by atoms with Crippen LogP contribution < -0.4 is 5.56 Å². The molecule has 0 aliphatic heterocycles. The number of aryl methyl sites for hydroxylation is 2. The van der Waals surface area contributed by atoms with Gasteiger partial charge < -0.3 is 0 Å². The van der Waals surface area contributed by atoms with Crippen LogP contribution in [0.1, 0.15) is 10.6 Å². The summed E-state index contributed by atoms with van der Waals surface area (Å²) in [6, 6.07) is 3.67. The van der Waals surface area contributed by atoms with E-state index in [1.807, 2.05) is 26.0 Å². The van der Waals surface area contributed by atoms with Crippen molar-refractivity contribution in [1.29, 1.82) is 0 Å². The highest BCUT2D eigenvalue weighted by molar-refractivity contribution is 7.16. The molecule has 0 amide bonds. The number of aromatic nitrogens is 4. The van der Waals surface area contributed by atoms with Crippen molar-refractivity contribution in [1.82, 2.24) is 19.6 Å². The lowest BCUT2D eigenvalue weighted by atomic mass is 10.1. The summed E-state index contributed by atoms with van der Waals surface area (Å²) in [6.07, 6.45) is 1.55. The van der Waals surface area contributed by atoms with Gasteiger partial charge in [-0.3, -0.25) is 9.78 Å². The molecular formula is C14H9ClN4OS. The van der Waals surface area contributed by atoms with Crippen LogP contribution in [0, 0.1) is 13.8 Å². The number of rotatable bonds is 0. The van der Waals surface area contributed by atoms with Gasteiger partial charge in [-0.2, -0.15) is 9.61 Å². The van der Waals surface area contributed by atoms with Crippen LogP contribution >= 0.6 is 22.9 Å². The summed E-state index contributed by atoms with van der Waals surface area (Å²) < 4.78 is 1.33. The third-order valence-corrected chi connectivity index (χ3v) is 4.72. The average Bonchev–Trinajstić information content (AvgIpc) is 2.84. The molecule has 7 heteroatoms. The second-order valence-corrected chi connectivity index (χ2v) is 6.39. The van der Waals surface area contributed by atoms with Crippen LogP contribution in [0.15, 0.2) is 23.1 Å². The van der Waals surface area contributed by atoms with Gasteiger partial charge in [0.05, 0.1) is 16.4 Å². The normalized spacial score (nSPS) is 11.8. The van der Waals surface area contributed by atoms with Gasteiger partial charge in [0.2, 0.25) is 4.96 Å². The van der Waals surface area contributed by atoms with Crippen molar-refractivity contribution < 1.29 is 0 Å². The maximum absolute atomic E-state index is 12.5. The quantitative estimate of drug-likeness (QED) is 0.468. The lowest BCUT2D eigenvalue weighted by Gasteiger charge is -2.06. The Morgan fingerprint density at radius 2 is 2.00 bits per heavy atom. The van der Waals surface area contributed by atoms with Crippen LogP contribution in [0.2, 0.25) is 5.02 Å². The monoisotopic (exact) mass is 316 g/mol. The summed E-state index contributed by atoms with van der Waals surface area (Å²) in [4.78, 5) is 22.1. The number of hydrogen-bond acceptors (Lipinski definition) is 5. The molecule has 1 aromatic carbocycles. The first kappa shape index (κ1) is 12.7. The molecule has 0 fully saturated rings. The summed E-state index contributed by atoms with van der Waals surface area (Å²) in [6.45, 7) is 3.76. The third-order valence-electron chi connectivity index (χ3n) is 3.49. The Labute approximate surface area is 127 Å². The van der Waals surface area contributed by atoms with Gasteiger partial charge in [0.15, 0.2) is 0 Å². The van der Waals surface area contributed by atoms with Gasteiger partial charge in [-0.25, -0.2) is 4.98 Å². The molecule has 0 N–H and O–H groups in total. The molecule has 4 aromatic rings. The smallest absolute Gasteiger partial charge is 0.266 e. The number of nitrogens with zero attached hydrogens (tertiary/aromatic N) is 4. The van der Waals surface area contributed by atoms with E-state index in [-0.39, 0.29) is 5.56 Å². The van der Waals surface area contributed by atoms with E-state index in [9.17, 15) is 4.79 Å². The third kappa shape index (κ3) is 1.69. The number of fused-ring (bicyclic) bond motifs is 4. The topological polar surface area (TPSA) is 60.2 Å². The Bertz CT molecular complexity index is 1100. The Balaban J connectivity index is 2.30. The molecule has 3 aromatic heterocycles. The van der Waals surface area contributed by atoms with E-state index >= 15 is 0 Å². The van der Waals surface area contributed by atoms with E-state index < -0.39 is 0 Å². The predicted molar refractivity (Wildman–Crippen MR) is 84.4 cm³/mol. The number of benzene rings is 1. The Morgan fingerprint density at radius 1 is 1.19 bits per heavy atom. The van der Waals surface area contributed by atoms with E-state index in [2.05, 4.69) is 15.1 Å². The van der Waals surface area contributed by atoms with Crippen LogP contribution in [0.25, 0.3) is 26.8 Å². The van der Waals surface area contributed by atoms with Gasteiger partial charge in [0.1, 0.15) is 5.01 Å². The summed E-state index contributed by atoms with van der Waals surface area (Å²) >= 11 is 7.53. The summed E-state index contributed by atoms with van der Waals surface area (Å²) in [7, 11) is 0. The molecule has 0 atom stereocenters. The predicted octanol–water partition coefficient (Wildman–Crippen LogP) is 3.12. The van der Waals surface area contributed by atoms with Crippen molar-refractivity contribution >= 4 is 49.7 Å². The minimum Gasteiger partial charge on any atom is -0.266 e. The van der Waals surface area contributed by atoms with Crippen LogP contribution in [-0.2, 0) is 0 Å². The minimum absolute atomic E-state index is 0.193. The van der Waals surface area contributed by atoms with E-state index in [1.54, 1.807) is 6.20 Å². The Kier molecular flexibility index (Phi) is 2.55. The Morgan fingerprint density at radius 3 is 2.81 bits per heavy atom. The first-order valence-electron chi connectivity index (χ1n) is 6.30. The first-order valence-corrected chi connectivity index (χ1v) is 7.50. The standard InChI is InChI=1S/C14H9ClN4OS/c1-6-10(15)4-3-8-11(6)16-5-9-12(8)17-14-19(13(9)20)18-7(2)21-14/h3-5H,1-2H3. The maximum Gasteiger partial charge on any atom is 0.284 e. The van der Waals surface area contributed by atoms with Gasteiger partial charge in [0, 0.05) is 16.6 Å². The lowest BCUT2D eigenvalue weighted by molar-refractivity contribution is 0.895. The molecule has 0 aliphatic rings. The van der Waals surface area contributed by atoms with Crippen LogP contribution in [0.3, 0.4) is 0 Å². The van der Waals surface area contributed by atoms with Crippen molar-refractivity contribution in [3.05, 3.63) is 44.3 Å². The van der Waals surface area contributed by atoms with Crippen LogP contribution in [-0.4, -0.2) is 19.6 Å². The SMILES string of the molecule is Cc1nn2c(=O)c3cnc4c(C)c(Cl)ccc4c3nc2s1. The fourth-order valence-electron chi connectivity index (χ4n) is 2.44. The Hall–Kier alpha value is -2.05. The molecular weight excluding hydrogens is 308 g/mol. The number of hydrogen-bond donors (Lipinski definition) is 0. The molecule has 0 unspecified atom stereocenters. The zero-order chi connectivity index (χ0) is 14.7. The first-order chi connectivity index (χ1) is 10.1. The highest BCUT2D eigenvalue weighted by Crippen LogP contribution is 2.28. The molecule has 104 valence electrons. The van der Waals surface area contributed by atoms with Gasteiger partial charge in [0.25, 0.3) is 5.56 Å². The summed E-state index contributed by atoms with van der Waals surface area (Å²) in [5.41, 5.74) is 2.11. The lowest BCUT2D eigenvalue weighted by Crippen LogP contribution is -2.15. The van der Waals surface area contributed by atoms with Crippen molar-refractivity contribution in [2.45, 2.75) is 13.8 Å². The summed E-state index contributed by atoms with van der Waals surface area (Å²) in [5, 5.41) is 6.94. The average molecular weight is 317 g/mol. The summed E-state index contributed by atoms with van der Waals surface area (Å²) in [5.74, 6) is 0. The van der Waals surface area contributed by atoms with Gasteiger partial charge in [-0.05, 0) is 31.5 Å². The van der Waals surface area contributed by atoms with E-state index in [0.29, 0.717) is 20.9 Å². The molecule has 21 heavy (non-hydrogen) atoms. The van der Waals surface area contributed by atoms with E-state index in [0.717, 1.165) is 21.5 Å². The molecule has 5 nitrogen and oxygen atoms in total. The van der Waals surface area contributed by atoms with Crippen LogP contribution in [0.5, 0.6) is 0 Å². The molecule has 0 spiro atoms. The highest BCUT2D eigenvalue weighted by Gasteiger charge is 2.14. The van der Waals surface area contributed by atoms with E-state index in [4.69, 9.17) is 11.6 Å². The zero-order valence-electron chi connectivity index (χ0n) is 11.2. The number of halogens is 1. The second kappa shape index (κ2) is 4.22. The molecule has 0 radical (unpaired) electrons. The van der Waals surface area contributed by atoms with Crippen molar-refractivity contribution in [2.75, 3.05) is 0 Å². The second-order valence-electron chi connectivity index (χ2n) is 4.82.